The third kappa shape index (κ3) is 7.60. The van der Waals surface area contributed by atoms with E-state index in [1.807, 2.05) is 59.2 Å². The standard InChI is InChI=1S/C30H35N7O7S/c1-2-32-29(39)44-17-24-34-25-26(37(24)15-9-8-14-36(28(31)38)21-18-45(41,42)19-21)22-12-6-7-13-23(22)33-27(25)35-30(40)43-16-20-10-4-3-5-11-20/h3-7,10-13,21H,2,8-9,14-19H2,1H3,(H2,31,38)(H,32,39)(H,33,35,40). The molecule has 4 N–H and O–H groups in total. The van der Waals surface area contributed by atoms with Gasteiger partial charge in [0.05, 0.1) is 28.6 Å². The molecule has 0 aliphatic carbocycles. The number of pyridine rings is 1. The van der Waals surface area contributed by atoms with Gasteiger partial charge in [0.1, 0.15) is 17.9 Å². The van der Waals surface area contributed by atoms with Crippen molar-refractivity contribution in [2.24, 2.45) is 5.73 Å². The van der Waals surface area contributed by atoms with Gasteiger partial charge in [-0.3, -0.25) is 5.32 Å². The molecule has 0 spiro atoms. The van der Waals surface area contributed by atoms with Crippen LogP contribution in [0.5, 0.6) is 0 Å². The van der Waals surface area contributed by atoms with E-state index >= 15 is 0 Å². The molecule has 0 saturated carbocycles. The number of imidazole rings is 1. The maximum absolute atomic E-state index is 12.8. The van der Waals surface area contributed by atoms with Crippen LogP contribution < -0.4 is 16.4 Å². The molecule has 14 nitrogen and oxygen atoms in total. The Morgan fingerprint density at radius 2 is 1.69 bits per heavy atom. The number of benzene rings is 2. The fraction of sp³-hybridized carbons (Fsp3) is 0.367. The van der Waals surface area contributed by atoms with Crippen LogP contribution in [0, 0.1) is 0 Å². The first-order chi connectivity index (χ1) is 21.6. The van der Waals surface area contributed by atoms with E-state index < -0.39 is 34.1 Å². The summed E-state index contributed by atoms with van der Waals surface area (Å²) in [6.45, 7) is 2.78. The van der Waals surface area contributed by atoms with E-state index in [9.17, 15) is 22.8 Å². The number of nitrogens with one attached hydrogen (secondary N) is 2. The number of nitrogens with two attached hydrogens (primary N) is 1. The van der Waals surface area contributed by atoms with Crippen molar-refractivity contribution in [2.75, 3.05) is 29.9 Å². The lowest BCUT2D eigenvalue weighted by molar-refractivity contribution is 0.136. The molecule has 0 unspecified atom stereocenters. The number of nitrogens with zero attached hydrogens (tertiary/aromatic N) is 4. The van der Waals surface area contributed by atoms with Gasteiger partial charge < -0.3 is 30.0 Å². The number of urea groups is 1. The minimum absolute atomic E-state index is 0.0680. The average molecular weight is 638 g/mol. The molecule has 4 amide bonds. The predicted molar refractivity (Wildman–Crippen MR) is 167 cm³/mol. The number of carbonyl (C=O) groups is 3. The minimum Gasteiger partial charge on any atom is -0.444 e. The van der Waals surface area contributed by atoms with Crippen molar-refractivity contribution in [3.05, 3.63) is 66.0 Å². The normalized spacial score (nSPS) is 14.1. The van der Waals surface area contributed by atoms with E-state index in [0.29, 0.717) is 48.3 Å². The minimum atomic E-state index is -3.13. The Morgan fingerprint density at radius 1 is 0.978 bits per heavy atom. The van der Waals surface area contributed by atoms with E-state index in [-0.39, 0.29) is 37.1 Å². The number of aryl methyl sites for hydroxylation is 1. The second-order valence-electron chi connectivity index (χ2n) is 10.6. The lowest BCUT2D eigenvalue weighted by Gasteiger charge is -2.35. The highest BCUT2D eigenvalue weighted by Crippen LogP contribution is 2.31. The highest BCUT2D eigenvalue weighted by Gasteiger charge is 2.38. The molecule has 1 aliphatic rings. The molecule has 2 aromatic carbocycles. The second kappa shape index (κ2) is 13.8. The third-order valence-electron chi connectivity index (χ3n) is 7.40. The average Bonchev–Trinajstić information content (AvgIpc) is 3.37. The van der Waals surface area contributed by atoms with Gasteiger partial charge in [0.2, 0.25) is 0 Å². The van der Waals surface area contributed by atoms with Gasteiger partial charge in [0.25, 0.3) is 0 Å². The zero-order chi connectivity index (χ0) is 32.0. The third-order valence-corrected chi connectivity index (χ3v) is 9.18. The SMILES string of the molecule is CCNC(=O)OCc1nc2c(NC(=O)OCc3ccccc3)nc3ccccc3c2n1CCCCN(C(N)=O)C1CS(=O)(=O)C1. The molecule has 0 radical (unpaired) electrons. The highest BCUT2D eigenvalue weighted by atomic mass is 32.2. The van der Waals surface area contributed by atoms with Crippen LogP contribution in [0.15, 0.2) is 54.6 Å². The van der Waals surface area contributed by atoms with Gasteiger partial charge in [-0.05, 0) is 31.4 Å². The van der Waals surface area contributed by atoms with Crippen molar-refractivity contribution in [2.45, 2.75) is 45.6 Å². The van der Waals surface area contributed by atoms with Crippen LogP contribution in [0.2, 0.25) is 0 Å². The monoisotopic (exact) mass is 637 g/mol. The van der Waals surface area contributed by atoms with Crippen molar-refractivity contribution in [1.29, 1.82) is 0 Å². The molecule has 1 fully saturated rings. The molecular formula is C30H35N7O7S. The van der Waals surface area contributed by atoms with Gasteiger partial charge in [0, 0.05) is 25.0 Å². The van der Waals surface area contributed by atoms with Crippen molar-refractivity contribution in [3.63, 3.8) is 0 Å². The Morgan fingerprint density at radius 3 is 2.40 bits per heavy atom. The van der Waals surface area contributed by atoms with E-state index in [1.165, 1.54) is 4.90 Å². The predicted octanol–water partition coefficient (Wildman–Crippen LogP) is 3.54. The molecule has 5 rings (SSSR count). The number of para-hydroxylation sites is 1. The topological polar surface area (TPSA) is 188 Å². The smallest absolute Gasteiger partial charge is 0.413 e. The fourth-order valence-electron chi connectivity index (χ4n) is 5.24. The quantitative estimate of drug-likeness (QED) is 0.195. The van der Waals surface area contributed by atoms with Crippen LogP contribution >= 0.6 is 0 Å². The number of primary amides is 1. The van der Waals surface area contributed by atoms with Crippen LogP contribution in [-0.2, 0) is 39.1 Å². The van der Waals surface area contributed by atoms with Crippen molar-refractivity contribution in [3.8, 4) is 0 Å². The lowest BCUT2D eigenvalue weighted by atomic mass is 10.1. The molecular weight excluding hydrogens is 602 g/mol. The molecule has 1 aliphatic heterocycles. The van der Waals surface area contributed by atoms with Crippen LogP contribution in [0.1, 0.15) is 31.2 Å². The van der Waals surface area contributed by atoms with Crippen molar-refractivity contribution >= 4 is 55.8 Å². The second-order valence-corrected chi connectivity index (χ2v) is 12.8. The lowest BCUT2D eigenvalue weighted by Crippen LogP contribution is -2.57. The first-order valence-electron chi connectivity index (χ1n) is 14.6. The summed E-state index contributed by atoms with van der Waals surface area (Å²) in [6, 6.07) is 15.6. The Labute approximate surface area is 259 Å². The van der Waals surface area contributed by atoms with Gasteiger partial charge >= 0.3 is 18.2 Å². The number of hydrogen-bond acceptors (Lipinski definition) is 9. The first kappa shape index (κ1) is 31.5. The van der Waals surface area contributed by atoms with Gasteiger partial charge in [-0.15, -0.1) is 0 Å². The van der Waals surface area contributed by atoms with Crippen LogP contribution in [0.4, 0.5) is 20.2 Å². The molecule has 238 valence electrons. The summed E-state index contributed by atoms with van der Waals surface area (Å²) >= 11 is 0. The molecule has 15 heteroatoms. The first-order valence-corrected chi connectivity index (χ1v) is 16.4. The van der Waals surface area contributed by atoms with Gasteiger partial charge in [0.15, 0.2) is 22.3 Å². The van der Waals surface area contributed by atoms with Gasteiger partial charge in [-0.25, -0.2) is 32.8 Å². The fourth-order valence-corrected chi connectivity index (χ4v) is 6.68. The van der Waals surface area contributed by atoms with E-state index in [1.54, 1.807) is 6.92 Å². The number of sulfone groups is 1. The maximum atomic E-state index is 12.8. The van der Waals surface area contributed by atoms with Crippen molar-refractivity contribution < 1.29 is 32.3 Å². The number of anilines is 1. The molecule has 0 atom stereocenters. The summed E-state index contributed by atoms with van der Waals surface area (Å²) in [6.07, 6.45) is -0.228. The molecule has 2 aromatic heterocycles. The summed E-state index contributed by atoms with van der Waals surface area (Å²) in [5.41, 5.74) is 8.04. The number of hydrogen-bond donors (Lipinski definition) is 3. The Bertz CT molecular complexity index is 1800. The van der Waals surface area contributed by atoms with Crippen LogP contribution in [0.25, 0.3) is 21.9 Å². The number of carbonyl (C=O) groups excluding carboxylic acids is 3. The Balaban J connectivity index is 1.41. The van der Waals surface area contributed by atoms with Crippen LogP contribution in [-0.4, -0.2) is 76.7 Å². The highest BCUT2D eigenvalue weighted by molar-refractivity contribution is 7.92. The molecule has 3 heterocycles. The maximum Gasteiger partial charge on any atom is 0.413 e. The summed E-state index contributed by atoms with van der Waals surface area (Å²) in [7, 11) is -3.13. The Hall–Kier alpha value is -4.92. The number of unbranched alkanes of at least 4 members (excludes halogenated alkanes) is 1. The largest absolute Gasteiger partial charge is 0.444 e. The summed E-state index contributed by atoms with van der Waals surface area (Å²) < 4.78 is 36.1. The van der Waals surface area contributed by atoms with Gasteiger partial charge in [-0.2, -0.15) is 0 Å². The number of fused-ring (bicyclic) bond motifs is 3. The van der Waals surface area contributed by atoms with Crippen molar-refractivity contribution in [1.82, 2.24) is 24.8 Å². The summed E-state index contributed by atoms with van der Waals surface area (Å²) in [4.78, 5) is 47.8. The molecule has 0 bridgehead atoms. The van der Waals surface area contributed by atoms with E-state index in [0.717, 1.165) is 10.9 Å². The number of rotatable bonds is 12. The van der Waals surface area contributed by atoms with E-state index in [4.69, 9.17) is 20.2 Å². The zero-order valence-electron chi connectivity index (χ0n) is 24.8. The zero-order valence-corrected chi connectivity index (χ0v) is 25.6. The molecule has 4 aromatic rings. The molecule has 45 heavy (non-hydrogen) atoms. The molecule has 1 saturated heterocycles. The number of ether oxygens (including phenoxy) is 2. The van der Waals surface area contributed by atoms with E-state index in [2.05, 4.69) is 15.6 Å². The number of amides is 4. The number of alkyl carbamates (subject to hydrolysis) is 1. The summed E-state index contributed by atoms with van der Waals surface area (Å²) in [5.74, 6) is 0.426. The summed E-state index contributed by atoms with van der Waals surface area (Å²) in [5, 5.41) is 6.08. The van der Waals surface area contributed by atoms with Gasteiger partial charge in [-0.1, -0.05) is 48.5 Å². The van der Waals surface area contributed by atoms with Crippen LogP contribution in [0.3, 0.4) is 0 Å². The Kier molecular flexibility index (Phi) is 9.66. The number of aromatic nitrogens is 3.